The van der Waals surface area contributed by atoms with Crippen LogP contribution < -0.4 is 5.32 Å². The molecule has 0 aromatic carbocycles. The number of esters is 1. The summed E-state index contributed by atoms with van der Waals surface area (Å²) in [7, 11) is 0. The third-order valence-electron chi connectivity index (χ3n) is 5.18. The van der Waals surface area contributed by atoms with Crippen LogP contribution >= 0.6 is 0 Å². The van der Waals surface area contributed by atoms with E-state index < -0.39 is 5.54 Å². The molecule has 1 aliphatic heterocycles. The van der Waals surface area contributed by atoms with Crippen LogP contribution in [0.2, 0.25) is 0 Å². The van der Waals surface area contributed by atoms with Gasteiger partial charge in [0.25, 0.3) is 0 Å². The van der Waals surface area contributed by atoms with Crippen molar-refractivity contribution in [2.24, 2.45) is 5.92 Å². The Bertz CT molecular complexity index is 369. The quantitative estimate of drug-likeness (QED) is 0.781. The van der Waals surface area contributed by atoms with Gasteiger partial charge in [-0.2, -0.15) is 0 Å². The highest BCUT2D eigenvalue weighted by molar-refractivity contribution is 5.81. The first-order valence-corrected chi connectivity index (χ1v) is 8.32. The number of nitrogens with zero attached hydrogens (tertiary/aromatic N) is 1. The van der Waals surface area contributed by atoms with Crippen LogP contribution in [0.15, 0.2) is 0 Å². The highest BCUT2D eigenvalue weighted by atomic mass is 16.5. The van der Waals surface area contributed by atoms with Crippen molar-refractivity contribution in [3.05, 3.63) is 0 Å². The van der Waals surface area contributed by atoms with Crippen LogP contribution in [0.3, 0.4) is 0 Å². The molecule has 3 unspecified atom stereocenters. The zero-order chi connectivity index (χ0) is 14.2. The molecule has 4 heteroatoms. The largest absolute Gasteiger partial charge is 0.465 e. The summed E-state index contributed by atoms with van der Waals surface area (Å²) < 4.78 is 5.37. The van der Waals surface area contributed by atoms with Crippen LogP contribution in [0.1, 0.15) is 52.4 Å². The Balaban J connectivity index is 1.66. The Labute approximate surface area is 122 Å². The summed E-state index contributed by atoms with van der Waals surface area (Å²) in [5.41, 5.74) is -0.395. The van der Waals surface area contributed by atoms with Gasteiger partial charge in [0.1, 0.15) is 5.54 Å². The minimum absolute atomic E-state index is 0.0124. The van der Waals surface area contributed by atoms with Crippen LogP contribution in [0.5, 0.6) is 0 Å². The average molecular weight is 280 g/mol. The molecule has 3 atom stereocenters. The van der Waals surface area contributed by atoms with Crippen molar-refractivity contribution < 1.29 is 9.53 Å². The molecule has 1 heterocycles. The molecule has 3 fully saturated rings. The van der Waals surface area contributed by atoms with Gasteiger partial charge < -0.3 is 9.64 Å². The Kier molecular flexibility index (Phi) is 4.04. The summed E-state index contributed by atoms with van der Waals surface area (Å²) in [5.74, 6) is 0.797. The molecule has 2 aliphatic carbocycles. The molecule has 1 saturated heterocycles. The van der Waals surface area contributed by atoms with Gasteiger partial charge in [-0.1, -0.05) is 6.92 Å². The summed E-state index contributed by atoms with van der Waals surface area (Å²) in [6.07, 6.45) is 6.75. The maximum absolute atomic E-state index is 12.5. The van der Waals surface area contributed by atoms with E-state index in [0.717, 1.165) is 25.2 Å². The second-order valence-electron chi connectivity index (χ2n) is 7.01. The number of hydrogen-bond acceptors (Lipinski definition) is 4. The van der Waals surface area contributed by atoms with E-state index in [2.05, 4.69) is 17.1 Å². The molecule has 0 aromatic heterocycles. The predicted molar refractivity (Wildman–Crippen MR) is 78.5 cm³/mol. The summed E-state index contributed by atoms with van der Waals surface area (Å²) in [6.45, 7) is 7.12. The molecular weight excluding hydrogens is 252 g/mol. The third-order valence-corrected chi connectivity index (χ3v) is 5.18. The standard InChI is InChI=1S/C16H28N2O2/c1-3-20-15(19)16(17-13-4-5-13)8-6-14(10-16)18-9-7-12(2)11-18/h12-14,17H,3-11H2,1-2H3. The summed E-state index contributed by atoms with van der Waals surface area (Å²) in [5, 5.41) is 3.61. The Morgan fingerprint density at radius 2 is 2.15 bits per heavy atom. The fourth-order valence-electron chi connectivity index (χ4n) is 3.89. The maximum atomic E-state index is 12.5. The van der Waals surface area contributed by atoms with Crippen LogP contribution in [0, 0.1) is 5.92 Å². The van der Waals surface area contributed by atoms with Crippen LogP contribution in [0.25, 0.3) is 0 Å². The van der Waals surface area contributed by atoms with Crippen molar-refractivity contribution in [2.45, 2.75) is 70.0 Å². The van der Waals surface area contributed by atoms with Gasteiger partial charge in [0.15, 0.2) is 0 Å². The monoisotopic (exact) mass is 280 g/mol. The molecule has 1 N–H and O–H groups in total. The van der Waals surface area contributed by atoms with Crippen LogP contribution in [-0.4, -0.2) is 48.2 Å². The molecule has 3 rings (SSSR count). The van der Waals surface area contributed by atoms with Crippen LogP contribution in [0.4, 0.5) is 0 Å². The lowest BCUT2D eigenvalue weighted by Gasteiger charge is -2.30. The van der Waals surface area contributed by atoms with Crippen molar-refractivity contribution in [2.75, 3.05) is 19.7 Å². The first-order valence-electron chi connectivity index (χ1n) is 8.32. The Hall–Kier alpha value is -0.610. The minimum atomic E-state index is -0.395. The van der Waals surface area contributed by atoms with E-state index in [-0.39, 0.29) is 5.97 Å². The smallest absolute Gasteiger partial charge is 0.326 e. The lowest BCUT2D eigenvalue weighted by Crippen LogP contribution is -2.53. The second kappa shape index (κ2) is 5.64. The van der Waals surface area contributed by atoms with Crippen molar-refractivity contribution in [3.63, 3.8) is 0 Å². The zero-order valence-corrected chi connectivity index (χ0v) is 12.9. The fraction of sp³-hybridized carbons (Fsp3) is 0.938. The van der Waals surface area contributed by atoms with E-state index in [4.69, 9.17) is 4.74 Å². The number of hydrogen-bond donors (Lipinski definition) is 1. The SMILES string of the molecule is CCOC(=O)C1(NC2CC2)CCC(N2CCC(C)C2)C1. The molecule has 0 spiro atoms. The molecule has 2 saturated carbocycles. The average Bonchev–Trinajstić information content (AvgIpc) is 2.95. The van der Waals surface area contributed by atoms with Gasteiger partial charge in [0, 0.05) is 18.6 Å². The third kappa shape index (κ3) is 2.86. The Morgan fingerprint density at radius 3 is 2.75 bits per heavy atom. The minimum Gasteiger partial charge on any atom is -0.465 e. The highest BCUT2D eigenvalue weighted by Crippen LogP contribution is 2.38. The number of nitrogens with one attached hydrogen (secondary N) is 1. The first kappa shape index (κ1) is 14.3. The molecule has 0 bridgehead atoms. The number of ether oxygens (including phenoxy) is 1. The topological polar surface area (TPSA) is 41.6 Å². The van der Waals surface area contributed by atoms with E-state index in [9.17, 15) is 4.79 Å². The van der Waals surface area contributed by atoms with Crippen molar-refractivity contribution in [3.8, 4) is 0 Å². The highest BCUT2D eigenvalue weighted by Gasteiger charge is 2.50. The molecule has 3 aliphatic rings. The molecule has 0 radical (unpaired) electrons. The summed E-state index contributed by atoms with van der Waals surface area (Å²) in [6, 6.07) is 1.12. The number of carbonyl (C=O) groups excluding carboxylic acids is 1. The second-order valence-corrected chi connectivity index (χ2v) is 7.01. The summed E-state index contributed by atoms with van der Waals surface area (Å²) in [4.78, 5) is 15.0. The van der Waals surface area contributed by atoms with Gasteiger partial charge in [-0.05, 0) is 57.9 Å². The molecular formula is C16H28N2O2. The van der Waals surface area contributed by atoms with E-state index in [1.54, 1.807) is 0 Å². The molecule has 0 aromatic rings. The molecule has 114 valence electrons. The number of likely N-dealkylation sites (tertiary alicyclic amines) is 1. The number of rotatable bonds is 5. The lowest BCUT2D eigenvalue weighted by molar-refractivity contribution is -0.151. The van der Waals surface area contributed by atoms with Gasteiger partial charge >= 0.3 is 5.97 Å². The van der Waals surface area contributed by atoms with Crippen molar-refractivity contribution in [1.82, 2.24) is 10.2 Å². The number of carbonyl (C=O) groups is 1. The Morgan fingerprint density at radius 1 is 1.35 bits per heavy atom. The first-order chi connectivity index (χ1) is 9.63. The molecule has 0 amide bonds. The zero-order valence-electron chi connectivity index (χ0n) is 12.9. The van der Waals surface area contributed by atoms with Gasteiger partial charge in [-0.3, -0.25) is 10.1 Å². The maximum Gasteiger partial charge on any atom is 0.326 e. The van der Waals surface area contributed by atoms with Crippen molar-refractivity contribution >= 4 is 5.97 Å². The lowest BCUT2D eigenvalue weighted by atomic mass is 9.97. The fourth-order valence-corrected chi connectivity index (χ4v) is 3.89. The normalized spacial score (nSPS) is 38.3. The van der Waals surface area contributed by atoms with E-state index in [0.29, 0.717) is 18.7 Å². The van der Waals surface area contributed by atoms with E-state index in [1.165, 1.54) is 32.4 Å². The van der Waals surface area contributed by atoms with Crippen LogP contribution in [-0.2, 0) is 9.53 Å². The van der Waals surface area contributed by atoms with E-state index >= 15 is 0 Å². The van der Waals surface area contributed by atoms with Gasteiger partial charge in [-0.25, -0.2) is 0 Å². The molecule has 20 heavy (non-hydrogen) atoms. The van der Waals surface area contributed by atoms with Gasteiger partial charge in [0.2, 0.25) is 0 Å². The van der Waals surface area contributed by atoms with Crippen molar-refractivity contribution in [1.29, 1.82) is 0 Å². The van der Waals surface area contributed by atoms with Gasteiger partial charge in [-0.15, -0.1) is 0 Å². The molecule has 4 nitrogen and oxygen atoms in total. The summed E-state index contributed by atoms with van der Waals surface area (Å²) >= 11 is 0. The predicted octanol–water partition coefficient (Wildman–Crippen LogP) is 1.93. The van der Waals surface area contributed by atoms with E-state index in [1.807, 2.05) is 6.92 Å². The van der Waals surface area contributed by atoms with Gasteiger partial charge in [0.05, 0.1) is 6.61 Å².